The number of carbonyl (C=O) groups excluding carboxylic acids is 1. The number of rotatable bonds is 6. The van der Waals surface area contributed by atoms with Gasteiger partial charge in [-0.3, -0.25) is 4.79 Å². The molecule has 0 rings (SSSR count). The maximum atomic E-state index is 10.4. The highest BCUT2D eigenvalue weighted by Crippen LogP contribution is 2.04. The predicted octanol–water partition coefficient (Wildman–Crippen LogP) is 0.538. The molecule has 1 atom stereocenters. The van der Waals surface area contributed by atoms with Gasteiger partial charge in [0.05, 0.1) is 6.61 Å². The molecule has 3 nitrogen and oxygen atoms in total. The second-order valence-corrected chi connectivity index (χ2v) is 2.83. The molecule has 0 aromatic heterocycles. The van der Waals surface area contributed by atoms with Gasteiger partial charge < -0.3 is 10.5 Å². The fraction of sp³-hybridized carbons (Fsp3) is 0.667. The number of nitrogens with two attached hydrogens (primary N) is 1. The first-order valence-electron chi connectivity index (χ1n) is 3.96. The van der Waals surface area contributed by atoms with Gasteiger partial charge in [0.2, 0.25) is 5.91 Å². The fourth-order valence-electron chi connectivity index (χ4n) is 0.791. The van der Waals surface area contributed by atoms with E-state index in [1.54, 1.807) is 0 Å². The summed E-state index contributed by atoms with van der Waals surface area (Å²) >= 11 is 0. The average Bonchev–Trinajstić information content (AvgIpc) is 2.01. The third kappa shape index (κ3) is 7.10. The molecule has 68 valence electrons. The smallest absolute Gasteiger partial charge is 0.217 e. The van der Waals surface area contributed by atoms with E-state index in [1.165, 1.54) is 0 Å². The Morgan fingerprint density at radius 3 is 2.92 bits per heavy atom. The van der Waals surface area contributed by atoms with Crippen molar-refractivity contribution in [2.24, 2.45) is 11.7 Å². The lowest BCUT2D eigenvalue weighted by atomic mass is 10.1. The molecule has 3 heteroatoms. The van der Waals surface area contributed by atoms with Gasteiger partial charge in [-0.1, -0.05) is 12.8 Å². The Kier molecular flexibility index (Phi) is 6.12. The van der Waals surface area contributed by atoms with E-state index in [-0.39, 0.29) is 5.91 Å². The number of hydrogen-bond acceptors (Lipinski definition) is 2. The fourth-order valence-corrected chi connectivity index (χ4v) is 0.791. The van der Waals surface area contributed by atoms with E-state index >= 15 is 0 Å². The lowest BCUT2D eigenvalue weighted by Crippen LogP contribution is -2.14. The molecule has 0 unspecified atom stereocenters. The zero-order chi connectivity index (χ0) is 9.40. The maximum Gasteiger partial charge on any atom is 0.217 e. The van der Waals surface area contributed by atoms with Crippen LogP contribution in [0.25, 0.3) is 0 Å². The summed E-state index contributed by atoms with van der Waals surface area (Å²) in [6.07, 6.45) is 6.17. The minimum absolute atomic E-state index is 0.265. The van der Waals surface area contributed by atoms with E-state index < -0.39 is 0 Å². The summed E-state index contributed by atoms with van der Waals surface area (Å²) in [5, 5.41) is 0. The van der Waals surface area contributed by atoms with E-state index in [0.717, 1.165) is 6.42 Å². The summed E-state index contributed by atoms with van der Waals surface area (Å²) in [6.45, 7) is 2.93. The number of amides is 1. The standard InChI is InChI=1S/C9H15NO2/c1-3-6-12-7-8(2)4-5-9(10)11/h1,8H,4-7H2,2H3,(H2,10,11)/t8-/m0/s1. The molecule has 0 spiro atoms. The Morgan fingerprint density at radius 1 is 1.75 bits per heavy atom. The van der Waals surface area contributed by atoms with E-state index in [1.807, 2.05) is 6.92 Å². The highest BCUT2D eigenvalue weighted by atomic mass is 16.5. The SMILES string of the molecule is C#CCOC[C@@H](C)CCC(N)=O. The van der Waals surface area contributed by atoms with Gasteiger partial charge >= 0.3 is 0 Å². The third-order valence-electron chi connectivity index (χ3n) is 1.47. The monoisotopic (exact) mass is 169 g/mol. The molecule has 0 saturated carbocycles. The Labute approximate surface area is 73.3 Å². The van der Waals surface area contributed by atoms with Crippen LogP contribution in [0.1, 0.15) is 19.8 Å². The summed E-state index contributed by atoms with van der Waals surface area (Å²) in [5.74, 6) is 2.45. The first-order chi connectivity index (χ1) is 5.66. The van der Waals surface area contributed by atoms with Crippen molar-refractivity contribution in [3.05, 3.63) is 0 Å². The van der Waals surface area contributed by atoms with E-state index in [0.29, 0.717) is 25.6 Å². The molecule has 0 radical (unpaired) electrons. The van der Waals surface area contributed by atoms with Crippen LogP contribution in [0.4, 0.5) is 0 Å². The number of hydrogen-bond donors (Lipinski definition) is 1. The number of terminal acetylenes is 1. The molecule has 1 amide bonds. The first-order valence-corrected chi connectivity index (χ1v) is 3.96. The number of primary amides is 1. The van der Waals surface area contributed by atoms with Crippen LogP contribution in [0.15, 0.2) is 0 Å². The summed E-state index contributed by atoms with van der Waals surface area (Å²) in [4.78, 5) is 10.4. The normalized spacial score (nSPS) is 12.0. The van der Waals surface area contributed by atoms with E-state index in [9.17, 15) is 4.79 Å². The molecule has 2 N–H and O–H groups in total. The zero-order valence-electron chi connectivity index (χ0n) is 7.38. The van der Waals surface area contributed by atoms with Crippen LogP contribution < -0.4 is 5.73 Å². The Hall–Kier alpha value is -1.01. The van der Waals surface area contributed by atoms with Gasteiger partial charge in [-0.25, -0.2) is 0 Å². The van der Waals surface area contributed by atoms with Crippen LogP contribution in [0, 0.1) is 18.3 Å². The Bertz CT molecular complexity index is 172. The minimum Gasteiger partial charge on any atom is -0.370 e. The number of ether oxygens (including phenoxy) is 1. The molecule has 0 aromatic rings. The number of carbonyl (C=O) groups is 1. The van der Waals surface area contributed by atoms with Gasteiger partial charge in [0.25, 0.3) is 0 Å². The first kappa shape index (κ1) is 11.0. The molecule has 0 fully saturated rings. The molecule has 0 saturated heterocycles. The van der Waals surface area contributed by atoms with Gasteiger partial charge in [-0.2, -0.15) is 0 Å². The molecule has 12 heavy (non-hydrogen) atoms. The zero-order valence-corrected chi connectivity index (χ0v) is 7.38. The van der Waals surface area contributed by atoms with Crippen molar-refractivity contribution >= 4 is 5.91 Å². The summed E-state index contributed by atoms with van der Waals surface area (Å²) in [6, 6.07) is 0. The summed E-state index contributed by atoms with van der Waals surface area (Å²) in [5.41, 5.74) is 4.98. The van der Waals surface area contributed by atoms with Crippen LogP contribution in [0.3, 0.4) is 0 Å². The highest BCUT2D eigenvalue weighted by molar-refractivity contribution is 5.73. The average molecular weight is 169 g/mol. The van der Waals surface area contributed by atoms with Gasteiger partial charge in [-0.15, -0.1) is 6.42 Å². The van der Waals surface area contributed by atoms with Gasteiger partial charge in [0.1, 0.15) is 6.61 Å². The summed E-state index contributed by atoms with van der Waals surface area (Å²) < 4.78 is 5.09. The highest BCUT2D eigenvalue weighted by Gasteiger charge is 2.03. The Balaban J connectivity index is 3.28. The lowest BCUT2D eigenvalue weighted by Gasteiger charge is -2.08. The molecule has 0 bridgehead atoms. The maximum absolute atomic E-state index is 10.4. The largest absolute Gasteiger partial charge is 0.370 e. The topological polar surface area (TPSA) is 52.3 Å². The minimum atomic E-state index is -0.265. The van der Waals surface area contributed by atoms with Crippen LogP contribution in [-0.4, -0.2) is 19.1 Å². The molecule has 0 aromatic carbocycles. The molecule has 0 aliphatic heterocycles. The second kappa shape index (κ2) is 6.68. The molecular formula is C9H15NO2. The van der Waals surface area contributed by atoms with Crippen molar-refractivity contribution < 1.29 is 9.53 Å². The third-order valence-corrected chi connectivity index (χ3v) is 1.47. The predicted molar refractivity (Wildman–Crippen MR) is 47.2 cm³/mol. The van der Waals surface area contributed by atoms with Crippen molar-refractivity contribution in [1.29, 1.82) is 0 Å². The second-order valence-electron chi connectivity index (χ2n) is 2.83. The summed E-state index contributed by atoms with van der Waals surface area (Å²) in [7, 11) is 0. The molecule has 0 heterocycles. The molecule has 0 aliphatic carbocycles. The van der Waals surface area contributed by atoms with Gasteiger partial charge in [0, 0.05) is 6.42 Å². The van der Waals surface area contributed by atoms with Crippen molar-refractivity contribution in [1.82, 2.24) is 0 Å². The van der Waals surface area contributed by atoms with Crippen molar-refractivity contribution in [2.45, 2.75) is 19.8 Å². The van der Waals surface area contributed by atoms with E-state index in [2.05, 4.69) is 5.92 Å². The van der Waals surface area contributed by atoms with E-state index in [4.69, 9.17) is 16.9 Å². The lowest BCUT2D eigenvalue weighted by molar-refractivity contribution is -0.118. The van der Waals surface area contributed by atoms with Crippen molar-refractivity contribution in [2.75, 3.05) is 13.2 Å². The molecular weight excluding hydrogens is 154 g/mol. The van der Waals surface area contributed by atoms with Crippen LogP contribution in [-0.2, 0) is 9.53 Å². The van der Waals surface area contributed by atoms with Gasteiger partial charge in [0.15, 0.2) is 0 Å². The van der Waals surface area contributed by atoms with Crippen LogP contribution >= 0.6 is 0 Å². The van der Waals surface area contributed by atoms with Crippen molar-refractivity contribution in [3.8, 4) is 12.3 Å². The quantitative estimate of drug-likeness (QED) is 0.466. The Morgan fingerprint density at radius 2 is 2.42 bits per heavy atom. The van der Waals surface area contributed by atoms with Gasteiger partial charge in [-0.05, 0) is 12.3 Å². The molecule has 0 aliphatic rings. The van der Waals surface area contributed by atoms with Crippen LogP contribution in [0.5, 0.6) is 0 Å². The van der Waals surface area contributed by atoms with Crippen molar-refractivity contribution in [3.63, 3.8) is 0 Å². The van der Waals surface area contributed by atoms with Crippen LogP contribution in [0.2, 0.25) is 0 Å².